The molecule has 5 aromatic heterocycles. The van der Waals surface area contributed by atoms with Crippen LogP contribution in [-0.4, -0.2) is 111 Å². The van der Waals surface area contributed by atoms with E-state index >= 15 is 0 Å². The van der Waals surface area contributed by atoms with Gasteiger partial charge in [0.25, 0.3) is 17.4 Å². The molecule has 0 saturated heterocycles. The summed E-state index contributed by atoms with van der Waals surface area (Å²) in [5, 5.41) is 35.5. The van der Waals surface area contributed by atoms with Gasteiger partial charge < -0.3 is 70.8 Å². The van der Waals surface area contributed by atoms with Crippen molar-refractivity contribution in [2.45, 2.75) is 64.7 Å². The fraction of sp³-hybridized carbons (Fsp3) is 0.124. The van der Waals surface area contributed by atoms with E-state index in [1.54, 1.807) is 178 Å². The van der Waals surface area contributed by atoms with E-state index in [2.05, 4.69) is 167 Å². The fourth-order valence-corrected chi connectivity index (χ4v) is 15.0. The number of fused-ring (bicyclic) bond motifs is 5. The molecule has 0 aliphatic carbocycles. The molecule has 141 heavy (non-hydrogen) atoms. The molecule has 0 atom stereocenters. The van der Waals surface area contributed by atoms with Gasteiger partial charge in [0.1, 0.15) is 94.5 Å². The first-order valence-electron chi connectivity index (χ1n) is 43.0. The standard InChI is InChI=1S/C33H30BrN5O4.C19H21BrN2O3.C15H12BrN3O.C14H10BrN3O.C9H7ClN2O.C9H8N2O2.C6H6BrN/c1-33(2,3)43-32(41)39-29-10-5-4-9-28(29)38-31(40)22-13-11-21(12-14-22)19-42-25-15-16-27-26(18-25)30(36-20-35-27)37-24-8-6-7-23(34)17-24;1-19(2,3)25-18(24)22-16-7-5-4-6-15(16)21-17(23)14-10-8-13(12-20)9-11-14;1-20-12-5-6-14-13(8-12)15(18-9-17-14)19-11-4-2-3-10(16)7-11;15-9-2-1-3-10(6-9)18-14-12-7-11(19)4-5-13(12)16-8-17-14;1-13-6-2-3-8-7(4-6)9(10)12-5-11-8;1-13-6-2-3-8-7(4-6)9(12)11-5-10-8;7-5-2-1-3-6(8)4-5/h4-18,20H,19H2,1-3H3,(H,38,40)(H,39,41)(H,35,36,37);4-11H,12H2,1-3H3,(H,21,23)(H,22,24);2-9H,1H3,(H,17,18,19);1-8,19H,(H,16,17,18);2-5H,1H3;2-5H,1H3,(H,10,11,12);1-4H,8H2. The number of rotatable bonds is 19. The van der Waals surface area contributed by atoms with Crippen molar-refractivity contribution in [3.63, 3.8) is 0 Å². The second kappa shape index (κ2) is 50.9. The van der Waals surface area contributed by atoms with Gasteiger partial charge in [-0.1, -0.05) is 164 Å². The summed E-state index contributed by atoms with van der Waals surface area (Å²) >= 11 is 22.9. The highest BCUT2D eigenvalue weighted by atomic mass is 79.9. The van der Waals surface area contributed by atoms with E-state index in [9.17, 15) is 29.1 Å². The molecule has 0 saturated carbocycles. The summed E-state index contributed by atoms with van der Waals surface area (Å²) in [5.41, 5.74) is 16.4. The van der Waals surface area contributed by atoms with E-state index in [0.717, 1.165) is 118 Å². The largest absolute Gasteiger partial charge is 0.508 e. The number of nitrogens with zero attached hydrogens (tertiary/aromatic N) is 9. The van der Waals surface area contributed by atoms with E-state index in [4.69, 9.17) is 45.8 Å². The van der Waals surface area contributed by atoms with Crippen molar-refractivity contribution in [1.29, 1.82) is 0 Å². The number of carbonyl (C=O) groups is 4. The lowest BCUT2D eigenvalue weighted by atomic mass is 10.1. The third-order valence-corrected chi connectivity index (χ3v) is 22.4. The van der Waals surface area contributed by atoms with Crippen LogP contribution in [0.4, 0.5) is 72.5 Å². The first kappa shape index (κ1) is 105. The van der Waals surface area contributed by atoms with Crippen LogP contribution in [0.1, 0.15) is 73.4 Å². The minimum absolute atomic E-state index is 0.149. The lowest BCUT2D eigenvalue weighted by molar-refractivity contribution is 0.0624. The summed E-state index contributed by atoms with van der Waals surface area (Å²) in [5.74, 6) is 4.58. The van der Waals surface area contributed by atoms with E-state index in [1.165, 1.54) is 25.3 Å². The van der Waals surface area contributed by atoms with Crippen LogP contribution < -0.4 is 67.5 Å². The van der Waals surface area contributed by atoms with Gasteiger partial charge in [-0.15, -0.1) is 0 Å². The van der Waals surface area contributed by atoms with E-state index < -0.39 is 23.4 Å². The van der Waals surface area contributed by atoms with Crippen molar-refractivity contribution in [3.05, 3.63) is 372 Å². The number of anilines is 11. The first-order chi connectivity index (χ1) is 67.8. The van der Waals surface area contributed by atoms with Gasteiger partial charge in [0.05, 0.1) is 83.4 Å². The molecule has 18 rings (SSSR count). The number of para-hydroxylation sites is 4. The van der Waals surface area contributed by atoms with E-state index in [-0.39, 0.29) is 23.1 Å². The summed E-state index contributed by atoms with van der Waals surface area (Å²) in [6, 6.07) is 86.5. The van der Waals surface area contributed by atoms with Gasteiger partial charge in [0.15, 0.2) is 0 Å². The number of hydrogen-bond acceptors (Lipinski definition) is 25. The Hall–Kier alpha value is -15.3. The van der Waals surface area contributed by atoms with Crippen LogP contribution in [0.15, 0.2) is 339 Å². The highest BCUT2D eigenvalue weighted by Crippen LogP contribution is 2.34. The lowest BCUT2D eigenvalue weighted by Gasteiger charge is -2.20. The predicted molar refractivity (Wildman–Crippen MR) is 576 cm³/mol. The summed E-state index contributed by atoms with van der Waals surface area (Å²) in [6.07, 6.45) is 6.23. The number of nitrogens with two attached hydrogens (primary N) is 1. The van der Waals surface area contributed by atoms with Crippen LogP contribution >= 0.6 is 91.3 Å². The van der Waals surface area contributed by atoms with Crippen LogP contribution in [0.5, 0.6) is 28.7 Å². The van der Waals surface area contributed by atoms with Gasteiger partial charge in [-0.2, -0.15) is 0 Å². The summed E-state index contributed by atoms with van der Waals surface area (Å²) < 4.78 is 35.9. The van der Waals surface area contributed by atoms with Crippen molar-refractivity contribution in [2.75, 3.05) is 64.3 Å². The van der Waals surface area contributed by atoms with E-state index in [0.29, 0.717) is 79.7 Å². The molecule has 0 aliphatic rings. The maximum absolute atomic E-state index is 13.0. The number of aromatic amines is 1. The number of aromatic nitrogens is 10. The molecule has 0 aliphatic heterocycles. The Morgan fingerprint density at radius 3 is 1.13 bits per heavy atom. The second-order valence-electron chi connectivity index (χ2n) is 32.1. The van der Waals surface area contributed by atoms with Crippen LogP contribution in [0.2, 0.25) is 5.15 Å². The van der Waals surface area contributed by atoms with Crippen molar-refractivity contribution >= 4 is 233 Å². The molecular weight excluding hydrogens is 2140 g/mol. The Kier molecular flexibility index (Phi) is 37.8. The number of benzene rings is 13. The fourth-order valence-electron chi connectivity index (χ4n) is 12.8. The number of aromatic hydroxyl groups is 1. The highest BCUT2D eigenvalue weighted by molar-refractivity contribution is 9.11. The number of phenolic OH excluding ortho intramolecular Hbond substituents is 1. The molecule has 0 bridgehead atoms. The van der Waals surface area contributed by atoms with Gasteiger partial charge in [0.2, 0.25) is 0 Å². The number of nitrogen functional groups attached to an aromatic ring is 1. The quantitative estimate of drug-likeness (QED) is 0.0204. The number of amides is 4. The molecule has 0 radical (unpaired) electrons. The molecule has 0 fully saturated rings. The first-order valence-corrected chi connectivity index (χ1v) is 47.7. The monoisotopic (exact) mass is 2230 g/mol. The minimum atomic E-state index is -0.642. The third kappa shape index (κ3) is 32.4. The maximum Gasteiger partial charge on any atom is 0.412 e. The summed E-state index contributed by atoms with van der Waals surface area (Å²) in [6.45, 7) is 11.0. The van der Waals surface area contributed by atoms with Crippen molar-refractivity contribution in [3.8, 4) is 28.7 Å². The van der Waals surface area contributed by atoms with Crippen molar-refractivity contribution in [2.24, 2.45) is 0 Å². The van der Waals surface area contributed by atoms with Gasteiger partial charge in [-0.25, -0.2) is 54.4 Å². The van der Waals surface area contributed by atoms with E-state index in [1.807, 2.05) is 176 Å². The third-order valence-electron chi connectivity index (χ3n) is 19.4. The molecule has 18 aromatic rings. The van der Waals surface area contributed by atoms with Crippen LogP contribution in [-0.2, 0) is 21.4 Å². The normalized spacial score (nSPS) is 10.6. The molecule has 0 spiro atoms. The number of halogens is 6. The van der Waals surface area contributed by atoms with Crippen LogP contribution in [0.25, 0.3) is 54.5 Å². The summed E-state index contributed by atoms with van der Waals surface area (Å²) in [4.78, 5) is 101. The molecule has 718 valence electrons. The SMILES string of the molecule is CC(C)(C)OC(=O)Nc1ccccc1NC(=O)c1ccc(CBr)cc1.CC(C)(C)OC(=O)Nc1ccccc1NC(=O)c1ccc(COc2ccc3ncnc(Nc4cccc(Br)c4)c3c2)cc1.COc1ccc2nc[nH]c(=O)c2c1.COc1ccc2ncnc(Cl)c2c1.COc1ccc2ncnc(Nc3cccc(Br)c3)c2c1.Nc1cccc(Br)c1.Oc1ccc2ncnc(Nc3cccc(Br)c3)c2c1. The molecule has 36 heteroatoms. The highest BCUT2D eigenvalue weighted by Gasteiger charge is 2.22. The number of methoxy groups -OCH3 is 3. The molecule has 13 aromatic carbocycles. The zero-order chi connectivity index (χ0) is 101. The average Bonchev–Trinajstić information content (AvgIpc) is 0.790. The van der Waals surface area contributed by atoms with Crippen LogP contribution in [0, 0.1) is 0 Å². The predicted octanol–water partition coefficient (Wildman–Crippen LogP) is 26.7. The Morgan fingerprint density at radius 1 is 0.383 bits per heavy atom. The number of ether oxygens (including phenoxy) is 6. The smallest absolute Gasteiger partial charge is 0.412 e. The topological polar surface area (TPSA) is 403 Å². The molecule has 11 N–H and O–H groups in total. The van der Waals surface area contributed by atoms with Gasteiger partial charge >= 0.3 is 12.2 Å². The molecule has 4 amide bonds. The summed E-state index contributed by atoms with van der Waals surface area (Å²) in [7, 11) is 4.82. The zero-order valence-electron chi connectivity index (χ0n) is 77.2. The number of carbonyl (C=O) groups excluding carboxylic acids is 4. The molecule has 30 nitrogen and oxygen atoms in total. The van der Waals surface area contributed by atoms with Crippen molar-refractivity contribution in [1.82, 2.24) is 49.8 Å². The lowest BCUT2D eigenvalue weighted by Crippen LogP contribution is -2.27. The zero-order valence-corrected chi connectivity index (χ0v) is 85.9. The molecule has 0 unspecified atom stereocenters. The average molecular weight is 2230 g/mol. The molecule has 5 heterocycles. The van der Waals surface area contributed by atoms with Gasteiger partial charge in [-0.3, -0.25) is 25.0 Å². The number of H-pyrrole nitrogens is 1. The van der Waals surface area contributed by atoms with Gasteiger partial charge in [0, 0.05) is 78.6 Å². The Labute approximate surface area is 858 Å². The molecular formula is C105H94Br5ClN18O12. The maximum atomic E-state index is 13.0. The number of phenols is 1. The Bertz CT molecular complexity index is 7440. The minimum Gasteiger partial charge on any atom is -0.508 e. The van der Waals surface area contributed by atoms with Crippen LogP contribution in [0.3, 0.4) is 0 Å². The Morgan fingerprint density at radius 2 is 0.738 bits per heavy atom. The number of alkyl halides is 1. The number of nitrogens with one attached hydrogen (secondary N) is 8. The van der Waals surface area contributed by atoms with Crippen molar-refractivity contribution < 1.29 is 52.7 Å². The number of hydrogen-bond donors (Lipinski definition) is 10. The van der Waals surface area contributed by atoms with Gasteiger partial charge in [-0.05, 0) is 265 Å². The Balaban J connectivity index is 0.000000156. The second-order valence-corrected chi connectivity index (χ2v) is 36.7.